The fourth-order valence-corrected chi connectivity index (χ4v) is 4.33. The number of carbonyl (C=O) groups is 2. The molecule has 1 atom stereocenters. The van der Waals surface area contributed by atoms with Gasteiger partial charge >= 0.3 is 0 Å². The van der Waals surface area contributed by atoms with Crippen LogP contribution in [-0.2, 0) is 14.3 Å². The summed E-state index contributed by atoms with van der Waals surface area (Å²) in [5, 5.41) is 11.6. The van der Waals surface area contributed by atoms with Gasteiger partial charge in [0.2, 0.25) is 0 Å². The van der Waals surface area contributed by atoms with Gasteiger partial charge in [-0.1, -0.05) is 51.8 Å². The van der Waals surface area contributed by atoms with E-state index in [9.17, 15) is 14.7 Å². The first-order valence-corrected chi connectivity index (χ1v) is 11.2. The molecular formula is C23H22BrClN2O4. The number of morpholine rings is 1. The number of ether oxygens (including phenoxy) is 1. The number of rotatable bonds is 5. The number of halogens is 2. The molecule has 0 radical (unpaired) electrons. The Morgan fingerprint density at radius 2 is 1.68 bits per heavy atom. The van der Waals surface area contributed by atoms with E-state index in [0.717, 1.165) is 23.1 Å². The summed E-state index contributed by atoms with van der Waals surface area (Å²) >= 11 is 9.42. The van der Waals surface area contributed by atoms with E-state index in [4.69, 9.17) is 16.3 Å². The molecule has 2 aromatic rings. The van der Waals surface area contributed by atoms with E-state index in [-0.39, 0.29) is 11.3 Å². The van der Waals surface area contributed by atoms with Crippen molar-refractivity contribution in [3.63, 3.8) is 0 Å². The summed E-state index contributed by atoms with van der Waals surface area (Å²) in [4.78, 5) is 29.8. The van der Waals surface area contributed by atoms with Crippen molar-refractivity contribution < 1.29 is 19.4 Å². The molecule has 8 heteroatoms. The maximum Gasteiger partial charge on any atom is 0.295 e. The van der Waals surface area contributed by atoms with Gasteiger partial charge in [-0.2, -0.15) is 0 Å². The van der Waals surface area contributed by atoms with Crippen molar-refractivity contribution in [2.24, 2.45) is 0 Å². The number of likely N-dealkylation sites (tertiary alicyclic amines) is 1. The predicted molar refractivity (Wildman–Crippen MR) is 122 cm³/mol. The van der Waals surface area contributed by atoms with E-state index in [1.807, 2.05) is 0 Å². The molecular weight excluding hydrogens is 484 g/mol. The van der Waals surface area contributed by atoms with Gasteiger partial charge in [-0.05, 0) is 29.8 Å². The zero-order chi connectivity index (χ0) is 22.0. The largest absolute Gasteiger partial charge is 0.507 e. The van der Waals surface area contributed by atoms with Crippen LogP contribution in [0.4, 0.5) is 0 Å². The Morgan fingerprint density at radius 1 is 1.03 bits per heavy atom. The highest BCUT2D eigenvalue weighted by Crippen LogP contribution is 2.39. The summed E-state index contributed by atoms with van der Waals surface area (Å²) < 4.78 is 6.24. The third kappa shape index (κ3) is 4.70. The standard InChI is InChI=1S/C23H22BrClN2O4/c24-17-5-1-16(2-6-17)21(28)19-20(15-3-7-18(25)8-4-15)27(23(30)22(19)29)10-9-26-11-13-31-14-12-26/h1-8,20,28H,9-14H2/b21-19+. The smallest absolute Gasteiger partial charge is 0.295 e. The van der Waals surface area contributed by atoms with Crippen LogP contribution in [0.25, 0.3) is 5.76 Å². The van der Waals surface area contributed by atoms with Crippen LogP contribution in [-0.4, -0.2) is 66.0 Å². The van der Waals surface area contributed by atoms with Gasteiger partial charge in [-0.3, -0.25) is 14.5 Å². The molecule has 2 saturated heterocycles. The Hall–Kier alpha value is -2.19. The second-order valence-corrected chi connectivity index (χ2v) is 8.86. The summed E-state index contributed by atoms with van der Waals surface area (Å²) in [5.41, 5.74) is 1.30. The molecule has 2 aliphatic heterocycles. The molecule has 162 valence electrons. The average Bonchev–Trinajstić information content (AvgIpc) is 3.04. The lowest BCUT2D eigenvalue weighted by atomic mass is 9.95. The van der Waals surface area contributed by atoms with Crippen LogP contribution in [0.1, 0.15) is 17.2 Å². The highest BCUT2D eigenvalue weighted by molar-refractivity contribution is 9.10. The van der Waals surface area contributed by atoms with Gasteiger partial charge in [0.1, 0.15) is 5.76 Å². The Morgan fingerprint density at radius 3 is 2.32 bits per heavy atom. The first kappa shape index (κ1) is 22.0. The fourth-order valence-electron chi connectivity index (χ4n) is 3.94. The maximum atomic E-state index is 13.0. The highest BCUT2D eigenvalue weighted by atomic mass is 79.9. The van der Waals surface area contributed by atoms with Crippen molar-refractivity contribution in [1.82, 2.24) is 9.80 Å². The second-order valence-electron chi connectivity index (χ2n) is 7.50. The Labute approximate surface area is 194 Å². The first-order chi connectivity index (χ1) is 15.0. The number of aliphatic hydroxyl groups excluding tert-OH is 1. The van der Waals surface area contributed by atoms with Crippen LogP contribution < -0.4 is 0 Å². The average molecular weight is 506 g/mol. The lowest BCUT2D eigenvalue weighted by Gasteiger charge is -2.31. The summed E-state index contributed by atoms with van der Waals surface area (Å²) in [6.45, 7) is 3.88. The van der Waals surface area contributed by atoms with Crippen molar-refractivity contribution in [1.29, 1.82) is 0 Å². The van der Waals surface area contributed by atoms with E-state index < -0.39 is 17.7 Å². The topological polar surface area (TPSA) is 70.1 Å². The minimum atomic E-state index is -0.679. The number of amides is 1. The van der Waals surface area contributed by atoms with Gasteiger partial charge in [-0.15, -0.1) is 0 Å². The van der Waals surface area contributed by atoms with Gasteiger partial charge in [0.15, 0.2) is 0 Å². The Balaban J connectivity index is 1.72. The Bertz CT molecular complexity index is 1000. The number of hydrogen-bond donors (Lipinski definition) is 1. The minimum absolute atomic E-state index is 0.0941. The molecule has 0 bridgehead atoms. The predicted octanol–water partition coefficient (Wildman–Crippen LogP) is 3.86. The lowest BCUT2D eigenvalue weighted by molar-refractivity contribution is -0.140. The number of ketones is 1. The number of Topliss-reactive ketones (excluding diaryl/α,β-unsaturated/α-hetero) is 1. The monoisotopic (exact) mass is 504 g/mol. The van der Waals surface area contributed by atoms with Crippen molar-refractivity contribution in [3.05, 3.63) is 74.7 Å². The second kappa shape index (κ2) is 9.53. The van der Waals surface area contributed by atoms with Crippen molar-refractivity contribution >= 4 is 45.0 Å². The number of hydrogen-bond acceptors (Lipinski definition) is 5. The molecule has 0 aliphatic carbocycles. The molecule has 2 aliphatic rings. The van der Waals surface area contributed by atoms with E-state index in [1.54, 1.807) is 53.4 Å². The summed E-state index contributed by atoms with van der Waals surface area (Å²) in [6.07, 6.45) is 0. The number of aliphatic hydroxyl groups is 1. The molecule has 1 unspecified atom stereocenters. The van der Waals surface area contributed by atoms with Gasteiger partial charge in [-0.25, -0.2) is 0 Å². The lowest BCUT2D eigenvalue weighted by Crippen LogP contribution is -2.42. The maximum absolute atomic E-state index is 13.0. The van der Waals surface area contributed by atoms with Crippen LogP contribution in [0.5, 0.6) is 0 Å². The van der Waals surface area contributed by atoms with E-state index in [2.05, 4.69) is 20.8 Å². The molecule has 0 aromatic heterocycles. The van der Waals surface area contributed by atoms with Crippen molar-refractivity contribution in [2.75, 3.05) is 39.4 Å². The molecule has 0 spiro atoms. The van der Waals surface area contributed by atoms with Gasteiger partial charge in [0, 0.05) is 41.2 Å². The molecule has 0 saturated carbocycles. The summed E-state index contributed by atoms with van der Waals surface area (Å²) in [5.74, 6) is -1.46. The molecule has 1 N–H and O–H groups in total. The van der Waals surface area contributed by atoms with Crippen molar-refractivity contribution in [2.45, 2.75) is 6.04 Å². The molecule has 2 heterocycles. The summed E-state index contributed by atoms with van der Waals surface area (Å²) in [7, 11) is 0. The van der Waals surface area contributed by atoms with Gasteiger partial charge in [0.25, 0.3) is 11.7 Å². The fraction of sp³-hybridized carbons (Fsp3) is 0.304. The Kier molecular flexibility index (Phi) is 6.77. The van der Waals surface area contributed by atoms with E-state index in [1.165, 1.54) is 0 Å². The molecule has 6 nitrogen and oxygen atoms in total. The third-order valence-electron chi connectivity index (χ3n) is 5.60. The SMILES string of the molecule is O=C1C(=O)N(CCN2CCOCC2)C(c2ccc(Cl)cc2)/C1=C(\O)c1ccc(Br)cc1. The molecule has 2 aromatic carbocycles. The van der Waals surface area contributed by atoms with Crippen LogP contribution in [0.15, 0.2) is 58.6 Å². The number of nitrogens with zero attached hydrogens (tertiary/aromatic N) is 2. The van der Waals surface area contributed by atoms with Crippen LogP contribution in [0.2, 0.25) is 5.02 Å². The van der Waals surface area contributed by atoms with Gasteiger partial charge in [0.05, 0.1) is 24.8 Å². The molecule has 31 heavy (non-hydrogen) atoms. The number of benzene rings is 2. The van der Waals surface area contributed by atoms with Crippen LogP contribution >= 0.6 is 27.5 Å². The van der Waals surface area contributed by atoms with E-state index in [0.29, 0.717) is 36.9 Å². The number of carbonyl (C=O) groups excluding carboxylic acids is 2. The van der Waals surface area contributed by atoms with E-state index >= 15 is 0 Å². The third-order valence-corrected chi connectivity index (χ3v) is 6.38. The molecule has 4 rings (SSSR count). The van der Waals surface area contributed by atoms with Crippen LogP contribution in [0, 0.1) is 0 Å². The normalized spacial score (nSPS) is 21.6. The minimum Gasteiger partial charge on any atom is -0.507 e. The quantitative estimate of drug-likeness (QED) is 0.380. The zero-order valence-electron chi connectivity index (χ0n) is 16.8. The van der Waals surface area contributed by atoms with Gasteiger partial charge < -0.3 is 14.7 Å². The van der Waals surface area contributed by atoms with Crippen molar-refractivity contribution in [3.8, 4) is 0 Å². The highest BCUT2D eigenvalue weighted by Gasteiger charge is 2.46. The molecule has 2 fully saturated rings. The first-order valence-electron chi connectivity index (χ1n) is 10.1. The summed E-state index contributed by atoms with van der Waals surface area (Å²) in [6, 6.07) is 13.3. The molecule has 1 amide bonds. The zero-order valence-corrected chi connectivity index (χ0v) is 19.1. The van der Waals surface area contributed by atoms with Crippen LogP contribution in [0.3, 0.4) is 0 Å².